The van der Waals surface area contributed by atoms with E-state index in [1.807, 2.05) is 54.6 Å². The van der Waals surface area contributed by atoms with Crippen molar-refractivity contribution in [2.45, 2.75) is 19.3 Å². The van der Waals surface area contributed by atoms with Gasteiger partial charge in [0.15, 0.2) is 0 Å². The van der Waals surface area contributed by atoms with Gasteiger partial charge in [0.2, 0.25) is 0 Å². The molecular weight excluding hydrogens is 272 g/mol. The van der Waals surface area contributed by atoms with Gasteiger partial charge in [-0.25, -0.2) is 4.79 Å². The number of fused-ring (bicyclic) bond motifs is 2. The van der Waals surface area contributed by atoms with Crippen LogP contribution in [-0.2, 0) is 4.74 Å². The molecule has 110 valence electrons. The van der Waals surface area contributed by atoms with Gasteiger partial charge in [-0.3, -0.25) is 0 Å². The average Bonchev–Trinajstić information content (AvgIpc) is 3.18. The van der Waals surface area contributed by atoms with E-state index >= 15 is 0 Å². The van der Waals surface area contributed by atoms with E-state index in [1.54, 1.807) is 0 Å². The SMILES string of the molecule is O=C(OC1=CC2CCC1C2)c1ccccc1-c1ccccc1. The molecule has 2 nitrogen and oxygen atoms in total. The number of ether oxygens (including phenoxy) is 1. The van der Waals surface area contributed by atoms with E-state index in [0.717, 1.165) is 29.7 Å². The molecule has 2 aliphatic rings. The third kappa shape index (κ3) is 2.35. The summed E-state index contributed by atoms with van der Waals surface area (Å²) in [5.41, 5.74) is 2.60. The van der Waals surface area contributed by atoms with E-state index in [4.69, 9.17) is 4.74 Å². The van der Waals surface area contributed by atoms with Gasteiger partial charge in [0.05, 0.1) is 5.56 Å². The van der Waals surface area contributed by atoms with Crippen molar-refractivity contribution in [3.8, 4) is 11.1 Å². The van der Waals surface area contributed by atoms with Crippen molar-refractivity contribution < 1.29 is 9.53 Å². The molecule has 0 spiro atoms. The van der Waals surface area contributed by atoms with E-state index < -0.39 is 0 Å². The molecule has 0 aliphatic heterocycles. The quantitative estimate of drug-likeness (QED) is 0.757. The molecule has 2 aromatic rings. The molecule has 1 saturated carbocycles. The summed E-state index contributed by atoms with van der Waals surface area (Å²) >= 11 is 0. The van der Waals surface area contributed by atoms with Crippen LogP contribution >= 0.6 is 0 Å². The van der Waals surface area contributed by atoms with Gasteiger partial charge in [-0.15, -0.1) is 0 Å². The van der Waals surface area contributed by atoms with Gasteiger partial charge < -0.3 is 4.74 Å². The first-order valence-corrected chi connectivity index (χ1v) is 7.89. The average molecular weight is 290 g/mol. The second-order valence-electron chi connectivity index (χ2n) is 6.14. The Hall–Kier alpha value is -2.35. The first kappa shape index (κ1) is 13.3. The predicted molar refractivity (Wildman–Crippen MR) is 86.2 cm³/mol. The topological polar surface area (TPSA) is 26.3 Å². The number of carbonyl (C=O) groups excluding carboxylic acids is 1. The van der Waals surface area contributed by atoms with Gasteiger partial charge in [-0.1, -0.05) is 48.5 Å². The number of hydrogen-bond acceptors (Lipinski definition) is 2. The fourth-order valence-electron chi connectivity index (χ4n) is 3.60. The van der Waals surface area contributed by atoms with Crippen molar-refractivity contribution in [2.24, 2.45) is 11.8 Å². The van der Waals surface area contributed by atoms with Crippen LogP contribution in [0.15, 0.2) is 66.4 Å². The molecular formula is C20H18O2. The fourth-order valence-corrected chi connectivity index (χ4v) is 3.60. The van der Waals surface area contributed by atoms with E-state index in [0.29, 0.717) is 17.4 Å². The highest BCUT2D eigenvalue weighted by Gasteiger charge is 2.35. The molecule has 2 aromatic carbocycles. The van der Waals surface area contributed by atoms with Crippen LogP contribution in [0.1, 0.15) is 29.6 Å². The number of esters is 1. The van der Waals surface area contributed by atoms with Gasteiger partial charge in [0, 0.05) is 5.92 Å². The van der Waals surface area contributed by atoms with E-state index in [2.05, 4.69) is 6.08 Å². The smallest absolute Gasteiger partial charge is 0.343 e. The van der Waals surface area contributed by atoms with Gasteiger partial charge in [0.1, 0.15) is 5.76 Å². The van der Waals surface area contributed by atoms with Gasteiger partial charge in [-0.2, -0.15) is 0 Å². The van der Waals surface area contributed by atoms with Crippen molar-refractivity contribution >= 4 is 5.97 Å². The first-order valence-electron chi connectivity index (χ1n) is 7.89. The molecule has 0 amide bonds. The van der Waals surface area contributed by atoms with Gasteiger partial charge >= 0.3 is 5.97 Å². The Morgan fingerprint density at radius 3 is 2.45 bits per heavy atom. The third-order valence-corrected chi connectivity index (χ3v) is 4.72. The van der Waals surface area contributed by atoms with Crippen LogP contribution < -0.4 is 0 Å². The molecule has 0 heterocycles. The predicted octanol–water partition coefficient (Wildman–Crippen LogP) is 4.82. The normalized spacial score (nSPS) is 22.5. The minimum atomic E-state index is -0.238. The van der Waals surface area contributed by atoms with Crippen molar-refractivity contribution in [3.63, 3.8) is 0 Å². The Labute approximate surface area is 130 Å². The molecule has 1 fully saturated rings. The van der Waals surface area contributed by atoms with Crippen LogP contribution in [0.4, 0.5) is 0 Å². The minimum Gasteiger partial charge on any atom is -0.427 e. The summed E-state index contributed by atoms with van der Waals surface area (Å²) in [6.45, 7) is 0. The summed E-state index contributed by atoms with van der Waals surface area (Å²) in [6, 6.07) is 17.6. The molecule has 2 unspecified atom stereocenters. The van der Waals surface area contributed by atoms with Crippen molar-refractivity contribution in [2.75, 3.05) is 0 Å². The highest BCUT2D eigenvalue weighted by molar-refractivity contribution is 5.97. The molecule has 0 radical (unpaired) electrons. The fraction of sp³-hybridized carbons (Fsp3) is 0.250. The minimum absolute atomic E-state index is 0.238. The van der Waals surface area contributed by atoms with Crippen LogP contribution in [0.5, 0.6) is 0 Å². The summed E-state index contributed by atoms with van der Waals surface area (Å²) in [6.07, 6.45) is 5.70. The maximum absolute atomic E-state index is 12.6. The van der Waals surface area contributed by atoms with Crippen LogP contribution in [0, 0.1) is 11.8 Å². The maximum atomic E-state index is 12.6. The summed E-state index contributed by atoms with van der Waals surface area (Å²) < 4.78 is 5.72. The standard InChI is InChI=1S/C20H18O2/c21-20(22-19-13-14-10-11-16(19)12-14)18-9-5-4-8-17(18)15-6-2-1-3-7-15/h1-9,13-14,16H,10-12H2. The third-order valence-electron chi connectivity index (χ3n) is 4.72. The Bertz CT molecular complexity index is 730. The van der Waals surface area contributed by atoms with Gasteiger partial charge in [0.25, 0.3) is 0 Å². The lowest BCUT2D eigenvalue weighted by molar-refractivity contribution is 0.0593. The van der Waals surface area contributed by atoms with Crippen LogP contribution in [0.2, 0.25) is 0 Å². The number of allylic oxidation sites excluding steroid dienone is 2. The number of carbonyl (C=O) groups is 1. The molecule has 2 atom stereocenters. The second-order valence-corrected chi connectivity index (χ2v) is 6.14. The molecule has 2 aliphatic carbocycles. The number of benzene rings is 2. The van der Waals surface area contributed by atoms with Crippen molar-refractivity contribution in [1.82, 2.24) is 0 Å². The molecule has 4 rings (SSSR count). The van der Waals surface area contributed by atoms with Gasteiger partial charge in [-0.05, 0) is 48.4 Å². The summed E-state index contributed by atoms with van der Waals surface area (Å²) in [4.78, 5) is 12.6. The monoisotopic (exact) mass is 290 g/mol. The number of rotatable bonds is 3. The van der Waals surface area contributed by atoms with Crippen LogP contribution in [-0.4, -0.2) is 5.97 Å². The zero-order chi connectivity index (χ0) is 14.9. The highest BCUT2D eigenvalue weighted by Crippen LogP contribution is 2.44. The Kier molecular flexibility index (Phi) is 3.30. The van der Waals surface area contributed by atoms with E-state index in [-0.39, 0.29) is 5.97 Å². The lowest BCUT2D eigenvalue weighted by Gasteiger charge is -2.15. The zero-order valence-electron chi connectivity index (χ0n) is 12.4. The van der Waals surface area contributed by atoms with Crippen molar-refractivity contribution in [3.05, 3.63) is 72.0 Å². The zero-order valence-corrected chi connectivity index (χ0v) is 12.4. The molecule has 0 N–H and O–H groups in total. The first-order chi connectivity index (χ1) is 10.8. The molecule has 0 saturated heterocycles. The lowest BCUT2D eigenvalue weighted by Crippen LogP contribution is -2.10. The van der Waals surface area contributed by atoms with Crippen LogP contribution in [0.3, 0.4) is 0 Å². The summed E-state index contributed by atoms with van der Waals surface area (Å²) in [5.74, 6) is 1.73. The Morgan fingerprint density at radius 1 is 0.955 bits per heavy atom. The maximum Gasteiger partial charge on any atom is 0.343 e. The van der Waals surface area contributed by atoms with E-state index in [9.17, 15) is 4.79 Å². The Balaban J connectivity index is 1.63. The second kappa shape index (κ2) is 5.45. The molecule has 2 heteroatoms. The summed E-state index contributed by atoms with van der Waals surface area (Å²) in [5, 5.41) is 0. The number of hydrogen-bond donors (Lipinski definition) is 0. The van der Waals surface area contributed by atoms with Crippen molar-refractivity contribution in [1.29, 1.82) is 0 Å². The molecule has 22 heavy (non-hydrogen) atoms. The van der Waals surface area contributed by atoms with E-state index in [1.165, 1.54) is 6.42 Å². The lowest BCUT2D eigenvalue weighted by atomic mass is 10.00. The largest absolute Gasteiger partial charge is 0.427 e. The highest BCUT2D eigenvalue weighted by atomic mass is 16.5. The summed E-state index contributed by atoms with van der Waals surface area (Å²) in [7, 11) is 0. The molecule has 2 bridgehead atoms. The Morgan fingerprint density at radius 2 is 1.73 bits per heavy atom. The van der Waals surface area contributed by atoms with Crippen LogP contribution in [0.25, 0.3) is 11.1 Å². The molecule has 0 aromatic heterocycles.